The van der Waals surface area contributed by atoms with Gasteiger partial charge in [-0.1, -0.05) is 0 Å². The highest BCUT2D eigenvalue weighted by molar-refractivity contribution is 7.15. The Hall–Kier alpha value is -1.10. The van der Waals surface area contributed by atoms with Crippen molar-refractivity contribution in [3.05, 3.63) is 10.6 Å². The van der Waals surface area contributed by atoms with Crippen LogP contribution in [0.4, 0.5) is 9.93 Å². The molecule has 0 atom stereocenters. The van der Waals surface area contributed by atoms with Gasteiger partial charge in [0, 0.05) is 18.0 Å². The van der Waals surface area contributed by atoms with Gasteiger partial charge in [-0.05, 0) is 27.7 Å². The first-order valence-electron chi connectivity index (χ1n) is 5.08. The third-order valence-electron chi connectivity index (χ3n) is 2.29. The van der Waals surface area contributed by atoms with Crippen LogP contribution in [0, 0.1) is 13.8 Å². The average molecular weight is 227 g/mol. The van der Waals surface area contributed by atoms with Gasteiger partial charge in [-0.15, -0.1) is 11.3 Å². The first-order chi connectivity index (χ1) is 7.08. The third-order valence-corrected chi connectivity index (χ3v) is 3.28. The van der Waals surface area contributed by atoms with Gasteiger partial charge in [0.15, 0.2) is 5.13 Å². The van der Waals surface area contributed by atoms with Crippen LogP contribution in [0.2, 0.25) is 0 Å². The summed E-state index contributed by atoms with van der Waals surface area (Å²) in [6, 6.07) is -0.0752. The molecule has 1 aromatic heterocycles. The number of amides is 2. The molecule has 0 aromatic carbocycles. The van der Waals surface area contributed by atoms with Crippen LogP contribution in [0.1, 0.15) is 24.4 Å². The number of hydrogen-bond donors (Lipinski definition) is 1. The van der Waals surface area contributed by atoms with E-state index in [4.69, 9.17) is 0 Å². The monoisotopic (exact) mass is 227 g/mol. The molecule has 15 heavy (non-hydrogen) atoms. The largest absolute Gasteiger partial charge is 0.325 e. The highest BCUT2D eigenvalue weighted by Crippen LogP contribution is 2.21. The van der Waals surface area contributed by atoms with Crippen LogP contribution in [0.5, 0.6) is 0 Å². The van der Waals surface area contributed by atoms with Crippen molar-refractivity contribution in [1.29, 1.82) is 0 Å². The molecular weight excluding hydrogens is 210 g/mol. The minimum atomic E-state index is -0.0752. The summed E-state index contributed by atoms with van der Waals surface area (Å²) in [6.07, 6.45) is 0. The maximum atomic E-state index is 11.7. The van der Waals surface area contributed by atoms with Gasteiger partial charge in [0.05, 0.1) is 5.69 Å². The molecule has 0 aliphatic carbocycles. The van der Waals surface area contributed by atoms with Crippen molar-refractivity contribution in [3.8, 4) is 0 Å². The molecule has 0 spiro atoms. The molecule has 0 aliphatic rings. The third kappa shape index (κ3) is 2.92. The van der Waals surface area contributed by atoms with Crippen molar-refractivity contribution in [1.82, 2.24) is 9.88 Å². The van der Waals surface area contributed by atoms with Gasteiger partial charge in [0.25, 0.3) is 0 Å². The predicted octanol–water partition coefficient (Wildman–Crippen LogP) is 2.63. The Balaban J connectivity index is 2.65. The van der Waals surface area contributed by atoms with Crippen LogP contribution in [-0.2, 0) is 0 Å². The van der Waals surface area contributed by atoms with Crippen molar-refractivity contribution >= 4 is 22.5 Å². The van der Waals surface area contributed by atoms with Crippen molar-refractivity contribution in [2.24, 2.45) is 0 Å². The van der Waals surface area contributed by atoms with E-state index in [2.05, 4.69) is 10.3 Å². The molecule has 84 valence electrons. The predicted molar refractivity (Wildman–Crippen MR) is 63.5 cm³/mol. The number of carbonyl (C=O) groups is 1. The highest BCUT2D eigenvalue weighted by Gasteiger charge is 2.11. The molecule has 1 N–H and O–H groups in total. The Morgan fingerprint density at radius 2 is 2.00 bits per heavy atom. The van der Waals surface area contributed by atoms with Crippen molar-refractivity contribution in [3.63, 3.8) is 0 Å². The summed E-state index contributed by atoms with van der Waals surface area (Å²) >= 11 is 1.51. The van der Waals surface area contributed by atoms with Crippen LogP contribution >= 0.6 is 11.3 Å². The van der Waals surface area contributed by atoms with Gasteiger partial charge in [0.2, 0.25) is 0 Å². The topological polar surface area (TPSA) is 45.2 Å². The quantitative estimate of drug-likeness (QED) is 0.862. The average Bonchev–Trinajstić information content (AvgIpc) is 2.47. The Bertz CT molecular complexity index is 325. The number of urea groups is 1. The van der Waals surface area contributed by atoms with E-state index in [-0.39, 0.29) is 6.03 Å². The van der Waals surface area contributed by atoms with Gasteiger partial charge in [0.1, 0.15) is 0 Å². The number of nitrogens with zero attached hydrogens (tertiary/aromatic N) is 2. The summed E-state index contributed by atoms with van der Waals surface area (Å²) in [5.41, 5.74) is 0.981. The highest BCUT2D eigenvalue weighted by atomic mass is 32.1. The van der Waals surface area contributed by atoms with E-state index in [0.29, 0.717) is 18.2 Å². The van der Waals surface area contributed by atoms with E-state index in [9.17, 15) is 4.79 Å². The molecule has 0 aliphatic heterocycles. The number of nitrogens with one attached hydrogen (secondary N) is 1. The number of hydrogen-bond acceptors (Lipinski definition) is 3. The van der Waals surface area contributed by atoms with E-state index >= 15 is 0 Å². The fourth-order valence-corrected chi connectivity index (χ4v) is 2.01. The van der Waals surface area contributed by atoms with E-state index in [1.807, 2.05) is 27.7 Å². The molecule has 0 saturated carbocycles. The zero-order valence-corrected chi connectivity index (χ0v) is 10.4. The van der Waals surface area contributed by atoms with Crippen LogP contribution in [-0.4, -0.2) is 29.0 Å². The summed E-state index contributed by atoms with van der Waals surface area (Å²) in [7, 11) is 0. The lowest BCUT2D eigenvalue weighted by Gasteiger charge is -2.17. The lowest BCUT2D eigenvalue weighted by Crippen LogP contribution is -2.34. The molecule has 0 bridgehead atoms. The molecule has 1 aromatic rings. The minimum absolute atomic E-state index is 0.0752. The minimum Gasteiger partial charge on any atom is -0.325 e. The Morgan fingerprint density at radius 3 is 2.40 bits per heavy atom. The molecule has 2 amide bonds. The van der Waals surface area contributed by atoms with Gasteiger partial charge in [-0.25, -0.2) is 9.78 Å². The first kappa shape index (κ1) is 12.0. The standard InChI is InChI=1S/C10H17N3OS/c1-5-13(6-2)10(14)12-9-11-7(3)8(4)15-9/h5-6H2,1-4H3,(H,11,12,14). The van der Waals surface area contributed by atoms with E-state index in [1.54, 1.807) is 4.90 Å². The molecule has 0 unspecified atom stereocenters. The zero-order valence-electron chi connectivity index (χ0n) is 9.63. The number of anilines is 1. The van der Waals surface area contributed by atoms with E-state index in [0.717, 1.165) is 10.6 Å². The van der Waals surface area contributed by atoms with Gasteiger partial charge < -0.3 is 4.90 Å². The van der Waals surface area contributed by atoms with E-state index in [1.165, 1.54) is 11.3 Å². The summed E-state index contributed by atoms with van der Waals surface area (Å²) in [5.74, 6) is 0. The smallest absolute Gasteiger partial charge is 0.323 e. The molecule has 5 heteroatoms. The fourth-order valence-electron chi connectivity index (χ4n) is 1.21. The number of aryl methyl sites for hydroxylation is 2. The molecule has 0 radical (unpaired) electrons. The van der Waals surface area contributed by atoms with Gasteiger partial charge in [-0.2, -0.15) is 0 Å². The summed E-state index contributed by atoms with van der Waals surface area (Å²) < 4.78 is 0. The molecule has 1 heterocycles. The molecular formula is C10H17N3OS. The number of carbonyl (C=O) groups excluding carboxylic acids is 1. The maximum Gasteiger partial charge on any atom is 0.323 e. The van der Waals surface area contributed by atoms with Crippen molar-refractivity contribution in [2.75, 3.05) is 18.4 Å². The van der Waals surface area contributed by atoms with Crippen LogP contribution in [0.15, 0.2) is 0 Å². The lowest BCUT2D eigenvalue weighted by molar-refractivity contribution is 0.217. The zero-order chi connectivity index (χ0) is 11.4. The van der Waals surface area contributed by atoms with Gasteiger partial charge in [-0.3, -0.25) is 5.32 Å². The van der Waals surface area contributed by atoms with Crippen molar-refractivity contribution in [2.45, 2.75) is 27.7 Å². The molecule has 0 fully saturated rings. The normalized spacial score (nSPS) is 10.1. The summed E-state index contributed by atoms with van der Waals surface area (Å²) in [6.45, 7) is 9.29. The maximum absolute atomic E-state index is 11.7. The lowest BCUT2D eigenvalue weighted by atomic mass is 10.4. The molecule has 4 nitrogen and oxygen atoms in total. The van der Waals surface area contributed by atoms with E-state index < -0.39 is 0 Å². The summed E-state index contributed by atoms with van der Waals surface area (Å²) in [5, 5.41) is 3.48. The Morgan fingerprint density at radius 1 is 1.40 bits per heavy atom. The second-order valence-corrected chi connectivity index (χ2v) is 4.47. The summed E-state index contributed by atoms with van der Waals surface area (Å²) in [4.78, 5) is 18.8. The number of rotatable bonds is 3. The van der Waals surface area contributed by atoms with Gasteiger partial charge >= 0.3 is 6.03 Å². The second-order valence-electron chi connectivity index (χ2n) is 3.26. The SMILES string of the molecule is CCN(CC)C(=O)Nc1nc(C)c(C)s1. The van der Waals surface area contributed by atoms with Crippen LogP contribution < -0.4 is 5.32 Å². The second kappa shape index (κ2) is 5.11. The Kier molecular flexibility index (Phi) is 4.08. The van der Waals surface area contributed by atoms with Crippen LogP contribution in [0.3, 0.4) is 0 Å². The van der Waals surface area contributed by atoms with Crippen molar-refractivity contribution < 1.29 is 4.79 Å². The number of thiazole rings is 1. The molecule has 0 saturated heterocycles. The molecule has 1 rings (SSSR count). The van der Waals surface area contributed by atoms with Crippen LogP contribution in [0.25, 0.3) is 0 Å². The number of aromatic nitrogens is 1. The first-order valence-corrected chi connectivity index (χ1v) is 5.90. The Labute approximate surface area is 94.3 Å². The fraction of sp³-hybridized carbons (Fsp3) is 0.600.